The maximum atomic E-state index is 11.9. The number of amides is 1. The van der Waals surface area contributed by atoms with Crippen molar-refractivity contribution in [3.63, 3.8) is 0 Å². The van der Waals surface area contributed by atoms with Crippen LogP contribution in [0, 0.1) is 11.3 Å². The smallest absolute Gasteiger partial charge is 0.261 e. The summed E-state index contributed by atoms with van der Waals surface area (Å²) in [5.74, 6) is 0.631. The lowest BCUT2D eigenvalue weighted by Crippen LogP contribution is -2.25. The van der Waals surface area contributed by atoms with E-state index in [4.69, 9.17) is 26.3 Å². The first-order chi connectivity index (χ1) is 10.7. The SMILES string of the molecule is CCCCNC(=O)/C(C#N)=C/c1cc(Cl)c2c(c1)OCCO2. The fourth-order valence-corrected chi connectivity index (χ4v) is 2.28. The van der Waals surface area contributed by atoms with Gasteiger partial charge in [0, 0.05) is 6.54 Å². The molecule has 0 saturated heterocycles. The zero-order valence-electron chi connectivity index (χ0n) is 12.3. The van der Waals surface area contributed by atoms with Crippen LogP contribution < -0.4 is 14.8 Å². The van der Waals surface area contributed by atoms with Gasteiger partial charge in [-0.05, 0) is 30.2 Å². The molecular weight excluding hydrogens is 304 g/mol. The molecule has 0 fully saturated rings. The predicted molar refractivity (Wildman–Crippen MR) is 83.9 cm³/mol. The molecule has 1 heterocycles. The molecule has 0 bridgehead atoms. The van der Waals surface area contributed by atoms with Crippen LogP contribution in [-0.4, -0.2) is 25.7 Å². The molecule has 0 atom stereocenters. The van der Waals surface area contributed by atoms with Crippen LogP contribution in [-0.2, 0) is 4.79 Å². The number of hydrogen-bond acceptors (Lipinski definition) is 4. The summed E-state index contributed by atoms with van der Waals surface area (Å²) in [6.07, 6.45) is 3.34. The number of fused-ring (bicyclic) bond motifs is 1. The lowest BCUT2D eigenvalue weighted by atomic mass is 10.1. The average Bonchev–Trinajstić information content (AvgIpc) is 2.52. The molecule has 2 rings (SSSR count). The minimum atomic E-state index is -0.387. The van der Waals surface area contributed by atoms with Gasteiger partial charge < -0.3 is 14.8 Å². The second kappa shape index (κ2) is 7.71. The quantitative estimate of drug-likeness (QED) is 0.514. The minimum absolute atomic E-state index is 0.0313. The Balaban J connectivity index is 2.21. The molecule has 1 aliphatic rings. The van der Waals surface area contributed by atoms with Crippen LogP contribution in [0.3, 0.4) is 0 Å². The molecule has 116 valence electrons. The molecule has 0 radical (unpaired) electrons. The standard InChI is InChI=1S/C16H17ClN2O3/c1-2-3-4-19-16(20)12(10-18)7-11-8-13(17)15-14(9-11)21-5-6-22-15/h7-9H,2-6H2,1H3,(H,19,20)/b12-7+. The molecule has 0 spiro atoms. The number of nitrogens with zero attached hydrogens (tertiary/aromatic N) is 1. The van der Waals surface area contributed by atoms with E-state index >= 15 is 0 Å². The van der Waals surface area contributed by atoms with Crippen molar-refractivity contribution in [2.45, 2.75) is 19.8 Å². The molecule has 0 aliphatic carbocycles. The van der Waals surface area contributed by atoms with Crippen LogP contribution >= 0.6 is 11.6 Å². The van der Waals surface area contributed by atoms with Gasteiger partial charge in [-0.15, -0.1) is 0 Å². The number of ether oxygens (including phenoxy) is 2. The number of nitriles is 1. The van der Waals surface area contributed by atoms with Gasteiger partial charge >= 0.3 is 0 Å². The normalized spacial score (nSPS) is 13.4. The summed E-state index contributed by atoms with van der Waals surface area (Å²) >= 11 is 6.14. The lowest BCUT2D eigenvalue weighted by Gasteiger charge is -2.19. The van der Waals surface area contributed by atoms with Crippen molar-refractivity contribution in [2.75, 3.05) is 19.8 Å². The third-order valence-corrected chi connectivity index (χ3v) is 3.39. The zero-order chi connectivity index (χ0) is 15.9. The second-order valence-corrected chi connectivity index (χ2v) is 5.21. The molecule has 5 nitrogen and oxygen atoms in total. The first-order valence-corrected chi connectivity index (χ1v) is 7.52. The highest BCUT2D eigenvalue weighted by atomic mass is 35.5. The van der Waals surface area contributed by atoms with Crippen LogP contribution in [0.25, 0.3) is 6.08 Å². The maximum Gasteiger partial charge on any atom is 0.261 e. The number of nitrogens with one attached hydrogen (secondary N) is 1. The molecule has 22 heavy (non-hydrogen) atoms. The van der Waals surface area contributed by atoms with Gasteiger partial charge in [-0.25, -0.2) is 0 Å². The topological polar surface area (TPSA) is 71.4 Å². The van der Waals surface area contributed by atoms with Crippen molar-refractivity contribution in [1.29, 1.82) is 5.26 Å². The number of hydrogen-bond donors (Lipinski definition) is 1. The van der Waals surface area contributed by atoms with Gasteiger partial charge in [0.15, 0.2) is 11.5 Å². The van der Waals surface area contributed by atoms with Crippen LogP contribution in [0.2, 0.25) is 5.02 Å². The van der Waals surface area contributed by atoms with E-state index in [9.17, 15) is 4.79 Å². The van der Waals surface area contributed by atoms with Crippen LogP contribution in [0.5, 0.6) is 11.5 Å². The Hall–Kier alpha value is -2.19. The molecule has 1 aromatic carbocycles. The summed E-state index contributed by atoms with van der Waals surface area (Å²) in [7, 11) is 0. The summed E-state index contributed by atoms with van der Waals surface area (Å²) in [6.45, 7) is 3.48. The van der Waals surface area contributed by atoms with E-state index in [0.717, 1.165) is 12.8 Å². The number of carbonyl (C=O) groups excluding carboxylic acids is 1. The molecule has 6 heteroatoms. The van der Waals surface area contributed by atoms with E-state index in [-0.39, 0.29) is 11.5 Å². The molecule has 1 N–H and O–H groups in total. The van der Waals surface area contributed by atoms with Gasteiger partial charge in [-0.3, -0.25) is 4.79 Å². The summed E-state index contributed by atoms with van der Waals surface area (Å²) in [5, 5.41) is 12.3. The third-order valence-electron chi connectivity index (χ3n) is 3.11. The van der Waals surface area contributed by atoms with Crippen molar-refractivity contribution < 1.29 is 14.3 Å². The Bertz CT molecular complexity index is 635. The first-order valence-electron chi connectivity index (χ1n) is 7.15. The Morgan fingerprint density at radius 3 is 2.95 bits per heavy atom. The molecule has 0 saturated carbocycles. The summed E-state index contributed by atoms with van der Waals surface area (Å²) in [5.41, 5.74) is 0.653. The van der Waals surface area contributed by atoms with Gasteiger partial charge in [0.05, 0.1) is 5.02 Å². The Kier molecular flexibility index (Phi) is 5.68. The number of benzene rings is 1. The summed E-state index contributed by atoms with van der Waals surface area (Å²) in [4.78, 5) is 11.9. The lowest BCUT2D eigenvalue weighted by molar-refractivity contribution is -0.117. The highest BCUT2D eigenvalue weighted by Crippen LogP contribution is 2.38. The molecule has 1 aromatic rings. The Labute approximate surface area is 134 Å². The van der Waals surface area contributed by atoms with Crippen LogP contribution in [0.1, 0.15) is 25.3 Å². The second-order valence-electron chi connectivity index (χ2n) is 4.81. The third kappa shape index (κ3) is 3.92. The number of unbranched alkanes of at least 4 members (excludes halogenated alkanes) is 1. The van der Waals surface area contributed by atoms with Gasteiger partial charge in [-0.2, -0.15) is 5.26 Å². The first kappa shape index (κ1) is 16.2. The Morgan fingerprint density at radius 1 is 1.45 bits per heavy atom. The largest absolute Gasteiger partial charge is 0.486 e. The van der Waals surface area contributed by atoms with Gasteiger partial charge in [-0.1, -0.05) is 24.9 Å². The summed E-state index contributed by atoms with van der Waals surface area (Å²) < 4.78 is 10.9. The predicted octanol–water partition coefficient (Wildman–Crippen LogP) is 2.93. The van der Waals surface area contributed by atoms with E-state index in [1.54, 1.807) is 12.1 Å². The number of carbonyl (C=O) groups is 1. The average molecular weight is 321 g/mol. The van der Waals surface area contributed by atoms with Gasteiger partial charge in [0.1, 0.15) is 24.9 Å². The maximum absolute atomic E-state index is 11.9. The molecule has 0 aromatic heterocycles. The fourth-order valence-electron chi connectivity index (χ4n) is 2.00. The molecule has 1 aliphatic heterocycles. The molecule has 0 unspecified atom stereocenters. The summed E-state index contributed by atoms with van der Waals surface area (Å²) in [6, 6.07) is 5.26. The van der Waals surface area contributed by atoms with Crippen molar-refractivity contribution >= 4 is 23.6 Å². The minimum Gasteiger partial charge on any atom is -0.486 e. The highest BCUT2D eigenvalue weighted by Gasteiger charge is 2.17. The van der Waals surface area contributed by atoms with Gasteiger partial charge in [0.25, 0.3) is 5.91 Å². The van der Waals surface area contributed by atoms with Crippen LogP contribution in [0.4, 0.5) is 0 Å². The van der Waals surface area contributed by atoms with E-state index in [0.29, 0.717) is 41.8 Å². The van der Waals surface area contributed by atoms with Crippen molar-refractivity contribution in [2.24, 2.45) is 0 Å². The Morgan fingerprint density at radius 2 is 2.23 bits per heavy atom. The van der Waals surface area contributed by atoms with Crippen molar-refractivity contribution in [3.05, 3.63) is 28.3 Å². The number of halogens is 1. The van der Waals surface area contributed by atoms with E-state index in [1.165, 1.54) is 6.08 Å². The fraction of sp³-hybridized carbons (Fsp3) is 0.375. The van der Waals surface area contributed by atoms with Crippen molar-refractivity contribution in [1.82, 2.24) is 5.32 Å². The van der Waals surface area contributed by atoms with E-state index in [2.05, 4.69) is 5.32 Å². The van der Waals surface area contributed by atoms with E-state index < -0.39 is 0 Å². The van der Waals surface area contributed by atoms with E-state index in [1.807, 2.05) is 13.0 Å². The van der Waals surface area contributed by atoms with Gasteiger partial charge in [0.2, 0.25) is 0 Å². The molecular formula is C16H17ClN2O3. The zero-order valence-corrected chi connectivity index (χ0v) is 13.1. The van der Waals surface area contributed by atoms with Crippen molar-refractivity contribution in [3.8, 4) is 17.6 Å². The monoisotopic (exact) mass is 320 g/mol. The van der Waals surface area contributed by atoms with Crippen LogP contribution in [0.15, 0.2) is 17.7 Å². The molecule has 1 amide bonds. The number of rotatable bonds is 5. The highest BCUT2D eigenvalue weighted by molar-refractivity contribution is 6.32.